The molecule has 1 aliphatic heterocycles. The molecular formula is C16H26N6S. The minimum atomic E-state index is 0.589. The van der Waals surface area contributed by atoms with Crippen LogP contribution in [-0.2, 0) is 19.6 Å². The van der Waals surface area contributed by atoms with Crippen LogP contribution >= 0.6 is 11.3 Å². The Morgan fingerprint density at radius 3 is 2.87 bits per heavy atom. The van der Waals surface area contributed by atoms with Crippen LogP contribution in [0.15, 0.2) is 6.20 Å². The molecule has 0 N–H and O–H groups in total. The Labute approximate surface area is 142 Å². The van der Waals surface area contributed by atoms with Gasteiger partial charge in [0.1, 0.15) is 11.6 Å². The molecule has 1 saturated heterocycles. The van der Waals surface area contributed by atoms with E-state index in [1.807, 2.05) is 13.1 Å². The van der Waals surface area contributed by atoms with Gasteiger partial charge in [-0.05, 0) is 34.2 Å². The number of aryl methyl sites for hydroxylation is 2. The number of hydrogen-bond donors (Lipinski definition) is 0. The van der Waals surface area contributed by atoms with Crippen molar-refractivity contribution < 1.29 is 0 Å². The Balaban J connectivity index is 1.55. The van der Waals surface area contributed by atoms with E-state index in [2.05, 4.69) is 50.4 Å². The van der Waals surface area contributed by atoms with E-state index in [9.17, 15) is 0 Å². The summed E-state index contributed by atoms with van der Waals surface area (Å²) in [5.74, 6) is 2.08. The average Bonchev–Trinajstić information content (AvgIpc) is 3.21. The van der Waals surface area contributed by atoms with Gasteiger partial charge in [0.2, 0.25) is 0 Å². The Morgan fingerprint density at radius 2 is 2.17 bits per heavy atom. The highest BCUT2D eigenvalue weighted by Gasteiger charge is 2.27. The van der Waals surface area contributed by atoms with Crippen LogP contribution in [0, 0.1) is 13.8 Å². The summed E-state index contributed by atoms with van der Waals surface area (Å²) in [6.45, 7) is 11.3. The molecule has 7 heteroatoms. The van der Waals surface area contributed by atoms with Crippen molar-refractivity contribution in [3.8, 4) is 0 Å². The van der Waals surface area contributed by atoms with Crippen molar-refractivity contribution in [2.24, 2.45) is 0 Å². The summed E-state index contributed by atoms with van der Waals surface area (Å²) in [7, 11) is 2.20. The summed E-state index contributed by atoms with van der Waals surface area (Å²) < 4.78 is 2.20. The first-order valence-electron chi connectivity index (χ1n) is 8.29. The van der Waals surface area contributed by atoms with Crippen LogP contribution in [0.25, 0.3) is 0 Å². The van der Waals surface area contributed by atoms with E-state index in [0.29, 0.717) is 6.04 Å². The van der Waals surface area contributed by atoms with Crippen molar-refractivity contribution in [1.82, 2.24) is 29.5 Å². The highest BCUT2D eigenvalue weighted by molar-refractivity contribution is 7.11. The van der Waals surface area contributed by atoms with Gasteiger partial charge in [0.25, 0.3) is 0 Å². The zero-order chi connectivity index (χ0) is 16.4. The summed E-state index contributed by atoms with van der Waals surface area (Å²) >= 11 is 1.81. The summed E-state index contributed by atoms with van der Waals surface area (Å²) in [6.07, 6.45) is 3.23. The number of likely N-dealkylation sites (N-methyl/N-ethyl adjacent to an activating group) is 1. The van der Waals surface area contributed by atoms with Crippen molar-refractivity contribution in [2.45, 2.75) is 52.9 Å². The van der Waals surface area contributed by atoms with Crippen LogP contribution in [0.1, 0.15) is 34.9 Å². The lowest BCUT2D eigenvalue weighted by Crippen LogP contribution is -2.34. The molecule has 2 aromatic heterocycles. The van der Waals surface area contributed by atoms with Crippen LogP contribution in [-0.4, -0.2) is 55.7 Å². The number of aromatic nitrogens is 4. The molecule has 126 valence electrons. The van der Waals surface area contributed by atoms with Crippen LogP contribution in [0.3, 0.4) is 0 Å². The van der Waals surface area contributed by atoms with Gasteiger partial charge in [0.05, 0.1) is 11.6 Å². The molecule has 3 rings (SSSR count). The maximum absolute atomic E-state index is 4.35. The third-order valence-electron chi connectivity index (χ3n) is 4.64. The van der Waals surface area contributed by atoms with E-state index in [1.165, 1.54) is 11.3 Å². The fraction of sp³-hybridized carbons (Fsp3) is 0.688. The molecule has 3 heterocycles. The van der Waals surface area contributed by atoms with Crippen LogP contribution in [0.2, 0.25) is 0 Å². The van der Waals surface area contributed by atoms with E-state index in [-0.39, 0.29) is 0 Å². The lowest BCUT2D eigenvalue weighted by Gasteiger charge is -2.24. The van der Waals surface area contributed by atoms with Gasteiger partial charge in [-0.25, -0.2) is 4.98 Å². The van der Waals surface area contributed by atoms with Gasteiger partial charge >= 0.3 is 0 Å². The van der Waals surface area contributed by atoms with Crippen LogP contribution < -0.4 is 0 Å². The van der Waals surface area contributed by atoms with Gasteiger partial charge in [0.15, 0.2) is 0 Å². The van der Waals surface area contributed by atoms with Crippen molar-refractivity contribution in [1.29, 1.82) is 0 Å². The lowest BCUT2D eigenvalue weighted by atomic mass is 10.2. The standard InChI is InChI=1S/C16H26N6S/c1-5-22-12(2)18-19-16(22)11-20(4)14-6-7-21(9-14)10-15-8-17-13(3)23-15/h8,14H,5-7,9-11H2,1-4H3. The van der Waals surface area contributed by atoms with E-state index in [4.69, 9.17) is 0 Å². The molecule has 0 spiro atoms. The number of likely N-dealkylation sites (tertiary alicyclic amines) is 1. The van der Waals surface area contributed by atoms with Crippen molar-refractivity contribution >= 4 is 11.3 Å². The number of rotatable bonds is 6. The van der Waals surface area contributed by atoms with Gasteiger partial charge in [-0.3, -0.25) is 9.80 Å². The highest BCUT2D eigenvalue weighted by Crippen LogP contribution is 2.21. The minimum absolute atomic E-state index is 0.589. The van der Waals surface area contributed by atoms with Crippen molar-refractivity contribution in [3.05, 3.63) is 27.7 Å². The summed E-state index contributed by atoms with van der Waals surface area (Å²) in [4.78, 5) is 10.7. The molecule has 23 heavy (non-hydrogen) atoms. The first-order chi connectivity index (χ1) is 11.1. The molecule has 1 fully saturated rings. The predicted molar refractivity (Wildman–Crippen MR) is 92.4 cm³/mol. The summed E-state index contributed by atoms with van der Waals surface area (Å²) in [5.41, 5.74) is 0. The quantitative estimate of drug-likeness (QED) is 0.809. The zero-order valence-electron chi connectivity index (χ0n) is 14.5. The fourth-order valence-corrected chi connectivity index (χ4v) is 4.16. The smallest absolute Gasteiger partial charge is 0.147 e. The first-order valence-corrected chi connectivity index (χ1v) is 9.11. The second-order valence-electron chi connectivity index (χ2n) is 6.35. The zero-order valence-corrected chi connectivity index (χ0v) is 15.3. The SMILES string of the molecule is CCn1c(C)nnc1CN(C)C1CCN(Cc2cnc(C)s2)C1. The molecule has 1 aliphatic rings. The Bertz CT molecular complexity index is 649. The van der Waals surface area contributed by atoms with E-state index >= 15 is 0 Å². The average molecular weight is 334 g/mol. The largest absolute Gasteiger partial charge is 0.314 e. The van der Waals surface area contributed by atoms with Gasteiger partial charge in [-0.1, -0.05) is 0 Å². The molecule has 0 radical (unpaired) electrons. The molecule has 0 saturated carbocycles. The third-order valence-corrected chi connectivity index (χ3v) is 5.54. The highest BCUT2D eigenvalue weighted by atomic mass is 32.1. The predicted octanol–water partition coefficient (Wildman–Crippen LogP) is 2.08. The summed E-state index contributed by atoms with van der Waals surface area (Å²) in [5, 5.41) is 9.70. The minimum Gasteiger partial charge on any atom is -0.314 e. The molecule has 0 aromatic carbocycles. The molecule has 1 unspecified atom stereocenters. The topological polar surface area (TPSA) is 50.1 Å². The maximum atomic E-state index is 4.35. The second-order valence-corrected chi connectivity index (χ2v) is 7.67. The van der Waals surface area contributed by atoms with Crippen molar-refractivity contribution in [3.63, 3.8) is 0 Å². The van der Waals surface area contributed by atoms with E-state index in [1.54, 1.807) is 11.3 Å². The Kier molecular flexibility index (Phi) is 5.08. The van der Waals surface area contributed by atoms with Gasteiger partial charge in [-0.2, -0.15) is 0 Å². The van der Waals surface area contributed by atoms with Gasteiger partial charge in [0, 0.05) is 43.3 Å². The molecular weight excluding hydrogens is 308 g/mol. The molecule has 0 bridgehead atoms. The van der Waals surface area contributed by atoms with E-state index in [0.717, 1.165) is 49.4 Å². The van der Waals surface area contributed by atoms with Crippen molar-refractivity contribution in [2.75, 3.05) is 20.1 Å². The molecule has 2 aromatic rings. The Hall–Kier alpha value is -1.31. The number of hydrogen-bond acceptors (Lipinski definition) is 6. The van der Waals surface area contributed by atoms with Crippen LogP contribution in [0.4, 0.5) is 0 Å². The molecule has 0 amide bonds. The van der Waals surface area contributed by atoms with Gasteiger partial charge in [-0.15, -0.1) is 21.5 Å². The normalized spacial score (nSPS) is 19.1. The molecule has 1 atom stereocenters. The monoisotopic (exact) mass is 334 g/mol. The maximum Gasteiger partial charge on any atom is 0.147 e. The Morgan fingerprint density at radius 1 is 1.35 bits per heavy atom. The first kappa shape index (κ1) is 16.5. The molecule has 6 nitrogen and oxygen atoms in total. The summed E-state index contributed by atoms with van der Waals surface area (Å²) in [6, 6.07) is 0.589. The number of thiazole rings is 1. The fourth-order valence-electron chi connectivity index (χ4n) is 3.32. The second kappa shape index (κ2) is 7.07. The third kappa shape index (κ3) is 3.79. The molecule has 0 aliphatic carbocycles. The number of nitrogens with zero attached hydrogens (tertiary/aromatic N) is 6. The van der Waals surface area contributed by atoms with E-state index < -0.39 is 0 Å². The van der Waals surface area contributed by atoms with Crippen LogP contribution in [0.5, 0.6) is 0 Å². The van der Waals surface area contributed by atoms with Gasteiger partial charge < -0.3 is 4.57 Å². The lowest BCUT2D eigenvalue weighted by molar-refractivity contribution is 0.216.